The molecule has 0 radical (unpaired) electrons. The predicted octanol–water partition coefficient (Wildman–Crippen LogP) is -1.20. The highest BCUT2D eigenvalue weighted by molar-refractivity contribution is 5.84. The number of aliphatic hydroxyl groups is 1. The van der Waals surface area contributed by atoms with E-state index in [-0.39, 0.29) is 49.8 Å². The van der Waals surface area contributed by atoms with Gasteiger partial charge in [0.1, 0.15) is 18.8 Å². The van der Waals surface area contributed by atoms with Crippen molar-refractivity contribution in [3.8, 4) is 6.19 Å². The fraction of sp³-hybridized carbons (Fsp3) is 0.762. The van der Waals surface area contributed by atoms with Crippen LogP contribution in [0.5, 0.6) is 0 Å². The van der Waals surface area contributed by atoms with Gasteiger partial charge in [-0.05, 0) is 32.7 Å². The van der Waals surface area contributed by atoms with Crippen molar-refractivity contribution < 1.29 is 29.0 Å². The number of esters is 1. The molecule has 12 nitrogen and oxygen atoms in total. The fourth-order valence-electron chi connectivity index (χ4n) is 3.06. The van der Waals surface area contributed by atoms with Gasteiger partial charge in [-0.3, -0.25) is 19.7 Å². The third-order valence-electron chi connectivity index (χ3n) is 4.78. The maximum atomic E-state index is 11.9. The highest BCUT2D eigenvalue weighted by Gasteiger charge is 2.20. The molecule has 0 spiro atoms. The number of hydrogen-bond acceptors (Lipinski definition) is 8. The van der Waals surface area contributed by atoms with Gasteiger partial charge in [-0.1, -0.05) is 0 Å². The molecule has 0 aromatic rings. The van der Waals surface area contributed by atoms with E-state index in [4.69, 9.17) is 4.74 Å². The Morgan fingerprint density at radius 3 is 2.52 bits per heavy atom. The molecule has 0 aromatic carbocycles. The van der Waals surface area contributed by atoms with Crippen LogP contribution in [0.3, 0.4) is 0 Å². The van der Waals surface area contributed by atoms with Crippen molar-refractivity contribution in [2.45, 2.75) is 70.7 Å². The quantitative estimate of drug-likeness (QED) is 0.0670. The smallest absolute Gasteiger partial charge is 0.369 e. The topological polar surface area (TPSA) is 162 Å². The monoisotopic (exact) mass is 469 g/mol. The number of rotatable bonds is 17. The first kappa shape index (κ1) is 28.1. The van der Waals surface area contributed by atoms with Gasteiger partial charge in [0.05, 0.1) is 13.2 Å². The molecule has 186 valence electrons. The summed E-state index contributed by atoms with van der Waals surface area (Å²) in [6.07, 6.45) is 4.27. The predicted molar refractivity (Wildman–Crippen MR) is 121 cm³/mol. The maximum Gasteiger partial charge on any atom is 0.369 e. The number of carbonyl (C=O) groups is 4. The van der Waals surface area contributed by atoms with Gasteiger partial charge < -0.3 is 25.8 Å². The number of aliphatic hydroxyl groups excluding tert-OH is 1. The Kier molecular flexibility index (Phi) is 14.2. The summed E-state index contributed by atoms with van der Waals surface area (Å²) in [6, 6.07) is -0.561. The van der Waals surface area contributed by atoms with Crippen molar-refractivity contribution in [2.75, 3.05) is 32.8 Å². The Hall–Kier alpha value is -2.91. The molecule has 0 bridgehead atoms. The van der Waals surface area contributed by atoms with Crippen molar-refractivity contribution >= 4 is 23.7 Å². The minimum absolute atomic E-state index is 0.0149. The molecule has 1 aliphatic heterocycles. The standard InChI is InChI=1S/C21H36N6O6/c1-3-33-21(32)17(27-15(2)28)6-4-5-10-23-20(31)13-25-19(30)8-7-18(29)24-11-9-16-12-22-14-26-16/h16-17,20,23,31H,3-13H2,1-2H3,(H3,24,25,27,28,29,30)/p+1. The molecule has 0 saturated heterocycles. The van der Waals surface area contributed by atoms with Crippen LogP contribution in [0.25, 0.3) is 4.85 Å². The molecule has 0 aliphatic carbocycles. The number of carbonyl (C=O) groups excluding carboxylic acids is 4. The van der Waals surface area contributed by atoms with E-state index in [1.54, 1.807) is 6.92 Å². The number of ether oxygens (including phenoxy) is 1. The SMILES string of the molecule is CCOC(=O)C(CCCCNC(O)CNC(=O)CCC(=O)NCCC1CNC#[N+]1)NC(C)=O. The summed E-state index contributed by atoms with van der Waals surface area (Å²) in [6.45, 7) is 4.98. The number of amides is 3. The van der Waals surface area contributed by atoms with Gasteiger partial charge in [0.15, 0.2) is 0 Å². The number of hydrogen-bond donors (Lipinski definition) is 6. The van der Waals surface area contributed by atoms with E-state index in [0.717, 1.165) is 6.54 Å². The summed E-state index contributed by atoms with van der Waals surface area (Å²) >= 11 is 0. The molecule has 3 atom stereocenters. The van der Waals surface area contributed by atoms with E-state index >= 15 is 0 Å². The second kappa shape index (κ2) is 16.7. The lowest BCUT2D eigenvalue weighted by Gasteiger charge is -2.17. The van der Waals surface area contributed by atoms with Crippen molar-refractivity contribution in [1.82, 2.24) is 26.6 Å². The molecular formula is C21H37N6O6+. The number of nitrogens with zero attached hydrogens (tertiary/aromatic N) is 1. The zero-order valence-electron chi connectivity index (χ0n) is 19.4. The summed E-state index contributed by atoms with van der Waals surface area (Å²) in [4.78, 5) is 50.8. The average Bonchev–Trinajstić information content (AvgIpc) is 3.28. The summed E-state index contributed by atoms with van der Waals surface area (Å²) in [5.74, 6) is -1.29. The van der Waals surface area contributed by atoms with Crippen LogP contribution in [0, 0.1) is 6.19 Å². The molecule has 1 aliphatic rings. The van der Waals surface area contributed by atoms with Crippen LogP contribution in [-0.2, 0) is 23.9 Å². The van der Waals surface area contributed by atoms with E-state index in [1.807, 2.05) is 0 Å². The number of nitrogens with one attached hydrogen (secondary N) is 5. The minimum atomic E-state index is -0.934. The Balaban J connectivity index is 2.07. The molecular weight excluding hydrogens is 432 g/mol. The molecule has 1 rings (SSSR count). The van der Waals surface area contributed by atoms with Gasteiger partial charge in [-0.2, -0.15) is 4.85 Å². The molecule has 3 unspecified atom stereocenters. The first-order valence-corrected chi connectivity index (χ1v) is 11.4. The third-order valence-corrected chi connectivity index (χ3v) is 4.78. The van der Waals surface area contributed by atoms with Gasteiger partial charge in [0, 0.05) is 32.7 Å². The van der Waals surface area contributed by atoms with Gasteiger partial charge in [0.2, 0.25) is 23.8 Å². The van der Waals surface area contributed by atoms with Crippen molar-refractivity contribution in [3.63, 3.8) is 0 Å². The Morgan fingerprint density at radius 1 is 1.15 bits per heavy atom. The Morgan fingerprint density at radius 2 is 1.88 bits per heavy atom. The van der Waals surface area contributed by atoms with Crippen molar-refractivity contribution in [2.24, 2.45) is 0 Å². The lowest BCUT2D eigenvalue weighted by atomic mass is 10.1. The second-order valence-electron chi connectivity index (χ2n) is 7.69. The summed E-state index contributed by atoms with van der Waals surface area (Å²) in [7, 11) is 0. The van der Waals surface area contributed by atoms with Gasteiger partial charge in [-0.25, -0.2) is 10.1 Å². The van der Waals surface area contributed by atoms with Crippen LogP contribution in [0.2, 0.25) is 0 Å². The summed E-state index contributed by atoms with van der Waals surface area (Å²) in [5.41, 5.74) is 0. The van der Waals surface area contributed by atoms with Crippen molar-refractivity contribution in [1.29, 1.82) is 0 Å². The zero-order chi connectivity index (χ0) is 24.5. The van der Waals surface area contributed by atoms with E-state index in [0.29, 0.717) is 38.8 Å². The average molecular weight is 470 g/mol. The van der Waals surface area contributed by atoms with E-state index in [9.17, 15) is 24.3 Å². The van der Waals surface area contributed by atoms with Gasteiger partial charge >= 0.3 is 12.2 Å². The maximum absolute atomic E-state index is 11.9. The molecule has 0 fully saturated rings. The van der Waals surface area contributed by atoms with Crippen LogP contribution < -0.4 is 26.6 Å². The molecule has 3 amide bonds. The Labute approximate surface area is 194 Å². The third kappa shape index (κ3) is 14.0. The summed E-state index contributed by atoms with van der Waals surface area (Å²) < 4.78 is 4.95. The summed E-state index contributed by atoms with van der Waals surface area (Å²) in [5, 5.41) is 23.6. The van der Waals surface area contributed by atoms with Crippen LogP contribution in [-0.4, -0.2) is 79.9 Å². The Bertz CT molecular complexity index is 707. The van der Waals surface area contributed by atoms with Crippen LogP contribution >= 0.6 is 0 Å². The molecule has 1 heterocycles. The molecule has 12 heteroatoms. The van der Waals surface area contributed by atoms with Crippen molar-refractivity contribution in [3.05, 3.63) is 4.85 Å². The highest BCUT2D eigenvalue weighted by atomic mass is 16.5. The second-order valence-corrected chi connectivity index (χ2v) is 7.69. The van der Waals surface area contributed by atoms with Crippen LogP contribution in [0.4, 0.5) is 0 Å². The lowest BCUT2D eigenvalue weighted by molar-refractivity contribution is -0.147. The van der Waals surface area contributed by atoms with Crippen LogP contribution in [0.1, 0.15) is 52.4 Å². The molecule has 0 saturated carbocycles. The largest absolute Gasteiger partial charge is 0.464 e. The first-order chi connectivity index (χ1) is 15.8. The van der Waals surface area contributed by atoms with Gasteiger partial charge in [0.25, 0.3) is 0 Å². The van der Waals surface area contributed by atoms with E-state index in [2.05, 4.69) is 37.6 Å². The lowest BCUT2D eigenvalue weighted by Crippen LogP contribution is -2.42. The zero-order valence-corrected chi connectivity index (χ0v) is 19.4. The minimum Gasteiger partial charge on any atom is -0.464 e. The van der Waals surface area contributed by atoms with E-state index in [1.165, 1.54) is 6.92 Å². The molecule has 0 aromatic heterocycles. The first-order valence-electron chi connectivity index (χ1n) is 11.4. The van der Waals surface area contributed by atoms with Crippen LogP contribution in [0.15, 0.2) is 0 Å². The number of unbranched alkanes of at least 4 members (excludes halogenated alkanes) is 1. The molecule has 33 heavy (non-hydrogen) atoms. The fourth-order valence-corrected chi connectivity index (χ4v) is 3.06. The van der Waals surface area contributed by atoms with Gasteiger partial charge in [-0.15, -0.1) is 0 Å². The molecule has 6 N–H and O–H groups in total. The normalized spacial score (nSPS) is 15.9. The highest BCUT2D eigenvalue weighted by Crippen LogP contribution is 2.03. The van der Waals surface area contributed by atoms with E-state index < -0.39 is 18.2 Å².